The molecule has 0 aliphatic rings. The van der Waals surface area contributed by atoms with Gasteiger partial charge < -0.3 is 19.2 Å². The lowest BCUT2D eigenvalue weighted by Crippen LogP contribution is -2.11. The molecular weight excluding hydrogens is 472 g/mol. The van der Waals surface area contributed by atoms with Gasteiger partial charge in [-0.15, -0.1) is 0 Å². The number of anilines is 1. The second-order valence-corrected chi connectivity index (χ2v) is 8.22. The van der Waals surface area contributed by atoms with Crippen LogP contribution < -0.4 is 14.8 Å². The van der Waals surface area contributed by atoms with E-state index in [1.807, 2.05) is 26.0 Å². The summed E-state index contributed by atoms with van der Waals surface area (Å²) in [6.45, 7) is 3.89. The maximum atomic E-state index is 12.7. The topological polar surface area (TPSA) is 104 Å². The molecule has 0 atom stereocenters. The molecule has 0 radical (unpaired) electrons. The average Bonchev–Trinajstić information content (AvgIpc) is 3.29. The van der Waals surface area contributed by atoms with Gasteiger partial charge in [-0.1, -0.05) is 23.7 Å². The third-order valence-electron chi connectivity index (χ3n) is 4.98. The lowest BCUT2D eigenvalue weighted by atomic mass is 10.2. The highest BCUT2D eigenvalue weighted by Crippen LogP contribution is 2.30. The minimum atomic E-state index is -0.569. The molecule has 1 N–H and O–H groups in total. The largest absolute Gasteiger partial charge is 0.486 e. The quantitative estimate of drug-likeness (QED) is 0.208. The Morgan fingerprint density at radius 2 is 1.83 bits per heavy atom. The Morgan fingerprint density at radius 3 is 2.57 bits per heavy atom. The van der Waals surface area contributed by atoms with E-state index in [4.69, 9.17) is 25.5 Å². The van der Waals surface area contributed by atoms with E-state index >= 15 is 0 Å². The zero-order valence-corrected chi connectivity index (χ0v) is 19.7. The molecule has 1 amide bonds. The Morgan fingerprint density at radius 1 is 1.00 bits per heavy atom. The normalized spacial score (nSPS) is 10.6. The van der Waals surface area contributed by atoms with E-state index in [1.165, 1.54) is 24.3 Å². The first-order valence-electron chi connectivity index (χ1n) is 10.6. The molecule has 1 aromatic heterocycles. The number of nitrogens with one attached hydrogen (secondary N) is 1. The monoisotopic (exact) mass is 492 g/mol. The molecule has 0 fully saturated rings. The van der Waals surface area contributed by atoms with Crippen molar-refractivity contribution in [2.75, 3.05) is 5.32 Å². The molecule has 4 rings (SSSR count). The van der Waals surface area contributed by atoms with Crippen LogP contribution in [0.4, 0.5) is 11.4 Å². The van der Waals surface area contributed by atoms with Gasteiger partial charge in [-0.05, 0) is 67.4 Å². The second kappa shape index (κ2) is 10.3. The van der Waals surface area contributed by atoms with E-state index < -0.39 is 10.8 Å². The van der Waals surface area contributed by atoms with Crippen molar-refractivity contribution in [3.05, 3.63) is 111 Å². The predicted molar refractivity (Wildman–Crippen MR) is 132 cm³/mol. The lowest BCUT2D eigenvalue weighted by Gasteiger charge is -2.09. The van der Waals surface area contributed by atoms with Crippen molar-refractivity contribution in [1.29, 1.82) is 0 Å². The van der Waals surface area contributed by atoms with E-state index in [0.29, 0.717) is 22.3 Å². The van der Waals surface area contributed by atoms with Crippen molar-refractivity contribution < 1.29 is 23.6 Å². The molecular formula is C26H21ClN2O6. The zero-order valence-electron chi connectivity index (χ0n) is 18.9. The molecule has 0 saturated heterocycles. The molecule has 0 spiro atoms. The molecule has 178 valence electrons. The van der Waals surface area contributed by atoms with Crippen LogP contribution >= 0.6 is 11.6 Å². The fraction of sp³-hybridized carbons (Fsp3) is 0.115. The summed E-state index contributed by atoms with van der Waals surface area (Å²) in [6, 6.07) is 19.7. The van der Waals surface area contributed by atoms with Crippen LogP contribution in [-0.2, 0) is 6.61 Å². The number of carbonyl (C=O) groups is 1. The number of benzene rings is 3. The second-order valence-electron chi connectivity index (χ2n) is 7.81. The highest BCUT2D eigenvalue weighted by atomic mass is 35.5. The van der Waals surface area contributed by atoms with Gasteiger partial charge in [0, 0.05) is 17.2 Å². The summed E-state index contributed by atoms with van der Waals surface area (Å²) in [4.78, 5) is 23.5. The standard InChI is InChI=1S/C26H21ClN2O6/c1-16-4-3-5-21(10-16)34-23-13-18(12-19(14-23)29(31)32)28-26(30)25-9-7-22(35-25)15-33-20-6-8-24(27)17(2)11-20/h3-14H,15H2,1-2H3,(H,28,30). The molecule has 1 heterocycles. The lowest BCUT2D eigenvalue weighted by molar-refractivity contribution is -0.384. The molecule has 0 bridgehead atoms. The summed E-state index contributed by atoms with van der Waals surface area (Å²) in [5, 5.41) is 14.7. The summed E-state index contributed by atoms with van der Waals surface area (Å²) in [6.07, 6.45) is 0. The number of ether oxygens (including phenoxy) is 2. The first-order chi connectivity index (χ1) is 16.8. The van der Waals surface area contributed by atoms with Gasteiger partial charge in [0.05, 0.1) is 16.7 Å². The fourth-order valence-corrected chi connectivity index (χ4v) is 3.38. The Balaban J connectivity index is 1.46. The Labute approximate surface area is 206 Å². The highest BCUT2D eigenvalue weighted by Gasteiger charge is 2.16. The molecule has 8 nitrogen and oxygen atoms in total. The van der Waals surface area contributed by atoms with E-state index in [2.05, 4.69) is 5.32 Å². The third kappa shape index (κ3) is 6.18. The van der Waals surface area contributed by atoms with E-state index in [0.717, 1.165) is 11.1 Å². The molecule has 0 aliphatic carbocycles. The van der Waals surface area contributed by atoms with Gasteiger partial charge in [0.25, 0.3) is 11.6 Å². The molecule has 9 heteroatoms. The Kier molecular flexibility index (Phi) is 7.03. The van der Waals surface area contributed by atoms with Gasteiger partial charge in [-0.25, -0.2) is 0 Å². The van der Waals surface area contributed by atoms with Crippen LogP contribution in [0.5, 0.6) is 17.2 Å². The van der Waals surface area contributed by atoms with Gasteiger partial charge in [0.2, 0.25) is 0 Å². The summed E-state index contributed by atoms with van der Waals surface area (Å²) < 4.78 is 17.0. The number of non-ortho nitro benzene ring substituents is 1. The van der Waals surface area contributed by atoms with Crippen LogP contribution in [0.25, 0.3) is 0 Å². The number of halogens is 1. The smallest absolute Gasteiger partial charge is 0.291 e. The number of rotatable bonds is 8. The number of nitro groups is 1. The summed E-state index contributed by atoms with van der Waals surface area (Å²) in [5.41, 5.74) is 1.83. The molecule has 3 aromatic carbocycles. The molecule has 35 heavy (non-hydrogen) atoms. The SMILES string of the molecule is Cc1cccc(Oc2cc(NC(=O)c3ccc(COc4ccc(Cl)c(C)c4)o3)cc([N+](=O)[O-])c2)c1. The van der Waals surface area contributed by atoms with E-state index in [-0.39, 0.29) is 29.5 Å². The maximum absolute atomic E-state index is 12.7. The van der Waals surface area contributed by atoms with Gasteiger partial charge >= 0.3 is 0 Å². The summed E-state index contributed by atoms with van der Waals surface area (Å²) in [5.74, 6) is 1.25. The maximum Gasteiger partial charge on any atom is 0.291 e. The molecule has 0 unspecified atom stereocenters. The third-order valence-corrected chi connectivity index (χ3v) is 5.41. The van der Waals surface area contributed by atoms with E-state index in [9.17, 15) is 14.9 Å². The number of nitrogens with zero attached hydrogens (tertiary/aromatic N) is 1. The molecule has 0 saturated carbocycles. The first-order valence-corrected chi connectivity index (χ1v) is 11.0. The Hall–Kier alpha value is -4.30. The number of carbonyl (C=O) groups excluding carboxylic acids is 1. The zero-order chi connectivity index (χ0) is 24.9. The number of hydrogen-bond acceptors (Lipinski definition) is 6. The number of nitro benzene ring substituents is 1. The van der Waals surface area contributed by atoms with Crippen LogP contribution in [0.15, 0.2) is 77.2 Å². The average molecular weight is 493 g/mol. The minimum Gasteiger partial charge on any atom is -0.486 e. The first kappa shape index (κ1) is 23.8. The van der Waals surface area contributed by atoms with Crippen LogP contribution in [0.2, 0.25) is 5.02 Å². The van der Waals surface area contributed by atoms with Gasteiger partial charge in [-0.2, -0.15) is 0 Å². The fourth-order valence-electron chi connectivity index (χ4n) is 3.27. The number of aryl methyl sites for hydroxylation is 2. The number of amides is 1. The van der Waals surface area contributed by atoms with Crippen molar-refractivity contribution >= 4 is 28.9 Å². The van der Waals surface area contributed by atoms with Crippen LogP contribution in [0.3, 0.4) is 0 Å². The van der Waals surface area contributed by atoms with Gasteiger partial charge in [0.1, 0.15) is 29.6 Å². The van der Waals surface area contributed by atoms with E-state index in [1.54, 1.807) is 36.4 Å². The number of hydrogen-bond donors (Lipinski definition) is 1. The van der Waals surface area contributed by atoms with Crippen molar-refractivity contribution in [1.82, 2.24) is 0 Å². The van der Waals surface area contributed by atoms with Crippen molar-refractivity contribution in [2.45, 2.75) is 20.5 Å². The van der Waals surface area contributed by atoms with Crippen molar-refractivity contribution in [3.63, 3.8) is 0 Å². The summed E-state index contributed by atoms with van der Waals surface area (Å²) in [7, 11) is 0. The summed E-state index contributed by atoms with van der Waals surface area (Å²) >= 11 is 6.02. The predicted octanol–water partition coefficient (Wildman–Crippen LogP) is 7.08. The highest BCUT2D eigenvalue weighted by molar-refractivity contribution is 6.31. The van der Waals surface area contributed by atoms with Crippen molar-refractivity contribution in [3.8, 4) is 17.2 Å². The number of furan rings is 1. The van der Waals surface area contributed by atoms with Crippen LogP contribution in [0, 0.1) is 24.0 Å². The van der Waals surface area contributed by atoms with Gasteiger partial charge in [-0.3, -0.25) is 14.9 Å². The molecule has 0 aliphatic heterocycles. The van der Waals surface area contributed by atoms with Gasteiger partial charge in [0.15, 0.2) is 5.76 Å². The minimum absolute atomic E-state index is 0.0311. The molecule has 4 aromatic rings. The van der Waals surface area contributed by atoms with Crippen LogP contribution in [-0.4, -0.2) is 10.8 Å². The Bertz CT molecular complexity index is 1400. The van der Waals surface area contributed by atoms with Crippen molar-refractivity contribution in [2.24, 2.45) is 0 Å². The van der Waals surface area contributed by atoms with Crippen LogP contribution in [0.1, 0.15) is 27.4 Å².